The lowest BCUT2D eigenvalue weighted by atomic mass is 10.1. The first-order valence-electron chi connectivity index (χ1n) is 10.2. The Balaban J connectivity index is 1.33. The van der Waals surface area contributed by atoms with Crippen LogP contribution in [-0.2, 0) is 17.8 Å². The highest BCUT2D eigenvalue weighted by atomic mass is 16.5. The predicted octanol–water partition coefficient (Wildman–Crippen LogP) is -0.354. The van der Waals surface area contributed by atoms with E-state index in [9.17, 15) is 4.79 Å². The lowest BCUT2D eigenvalue weighted by Crippen LogP contribution is -3.28. The fourth-order valence-corrected chi connectivity index (χ4v) is 3.85. The molecule has 0 radical (unpaired) electrons. The van der Waals surface area contributed by atoms with E-state index in [-0.39, 0.29) is 5.91 Å². The van der Waals surface area contributed by atoms with Crippen LogP contribution in [0.25, 0.3) is 0 Å². The van der Waals surface area contributed by atoms with Crippen molar-refractivity contribution in [2.24, 2.45) is 0 Å². The van der Waals surface area contributed by atoms with Crippen molar-refractivity contribution in [3.8, 4) is 5.75 Å². The molecule has 0 saturated carbocycles. The monoisotopic (exact) mass is 383 g/mol. The summed E-state index contributed by atoms with van der Waals surface area (Å²) in [6.07, 6.45) is 0.847. The summed E-state index contributed by atoms with van der Waals surface area (Å²) in [6.45, 7) is 8.88. The normalized spacial score (nSPS) is 19.2. The first-order valence-corrected chi connectivity index (χ1v) is 10.2. The van der Waals surface area contributed by atoms with Gasteiger partial charge in [0.2, 0.25) is 0 Å². The zero-order chi connectivity index (χ0) is 19.8. The number of ether oxygens (including phenoxy) is 1. The average molecular weight is 384 g/mol. The molecule has 1 saturated heterocycles. The van der Waals surface area contributed by atoms with Crippen LogP contribution in [0.3, 0.4) is 0 Å². The van der Waals surface area contributed by atoms with Crippen molar-refractivity contribution < 1.29 is 19.3 Å². The quantitative estimate of drug-likeness (QED) is 0.583. The molecule has 5 nitrogen and oxygen atoms in total. The molecule has 0 atom stereocenters. The topological polar surface area (TPSA) is 47.2 Å². The Morgan fingerprint density at radius 3 is 2.39 bits per heavy atom. The average Bonchev–Trinajstić information content (AvgIpc) is 2.70. The molecule has 0 aromatic heterocycles. The van der Waals surface area contributed by atoms with Crippen LogP contribution in [0.4, 0.5) is 0 Å². The lowest BCUT2D eigenvalue weighted by molar-refractivity contribution is -1.02. The van der Waals surface area contributed by atoms with Crippen LogP contribution < -0.4 is 19.9 Å². The third-order valence-corrected chi connectivity index (χ3v) is 5.51. The Hall–Kier alpha value is -2.37. The number of quaternary nitrogens is 2. The van der Waals surface area contributed by atoms with Crippen molar-refractivity contribution in [1.82, 2.24) is 5.32 Å². The Kier molecular flexibility index (Phi) is 7.46. The maximum Gasteiger partial charge on any atom is 0.275 e. The van der Waals surface area contributed by atoms with Crippen LogP contribution in [0.1, 0.15) is 16.7 Å². The summed E-state index contributed by atoms with van der Waals surface area (Å²) in [5.41, 5.74) is 3.95. The molecule has 5 heteroatoms. The smallest absolute Gasteiger partial charge is 0.275 e. The molecule has 0 spiro atoms. The van der Waals surface area contributed by atoms with Crippen LogP contribution in [0.2, 0.25) is 0 Å². The van der Waals surface area contributed by atoms with Gasteiger partial charge in [-0.1, -0.05) is 42.0 Å². The molecule has 150 valence electrons. The van der Waals surface area contributed by atoms with Gasteiger partial charge >= 0.3 is 0 Å². The standard InChI is InChI=1S/C23H31N3O2/c1-19-4-3-5-21(16-19)17-25-12-14-26(15-13-25)18-23(27)24-11-10-20-6-8-22(28-2)9-7-20/h3-9,16H,10-15,17-18H2,1-2H3,(H,24,27)/p+2. The van der Waals surface area contributed by atoms with Gasteiger partial charge in [-0.3, -0.25) is 4.79 Å². The van der Waals surface area contributed by atoms with Crippen LogP contribution >= 0.6 is 0 Å². The van der Waals surface area contributed by atoms with Crippen molar-refractivity contribution in [1.29, 1.82) is 0 Å². The molecule has 2 aromatic carbocycles. The minimum Gasteiger partial charge on any atom is -0.497 e. The summed E-state index contributed by atoms with van der Waals surface area (Å²) < 4.78 is 5.17. The molecule has 1 aliphatic heterocycles. The van der Waals surface area contributed by atoms with Gasteiger partial charge in [-0.25, -0.2) is 0 Å². The highest BCUT2D eigenvalue weighted by molar-refractivity contribution is 5.76. The highest BCUT2D eigenvalue weighted by Gasteiger charge is 2.24. The predicted molar refractivity (Wildman–Crippen MR) is 111 cm³/mol. The minimum atomic E-state index is 0.158. The summed E-state index contributed by atoms with van der Waals surface area (Å²) in [7, 11) is 1.67. The van der Waals surface area contributed by atoms with Gasteiger partial charge in [-0.2, -0.15) is 0 Å². The second kappa shape index (κ2) is 10.2. The number of hydrogen-bond acceptors (Lipinski definition) is 2. The first kappa shape index (κ1) is 20.4. The Labute approximate surface area is 168 Å². The summed E-state index contributed by atoms with van der Waals surface area (Å²) in [5, 5.41) is 3.07. The maximum atomic E-state index is 12.3. The van der Waals surface area contributed by atoms with Gasteiger partial charge in [0.25, 0.3) is 5.91 Å². The van der Waals surface area contributed by atoms with E-state index >= 15 is 0 Å². The molecule has 28 heavy (non-hydrogen) atoms. The molecule has 0 bridgehead atoms. The van der Waals surface area contributed by atoms with Crippen LogP contribution in [-0.4, -0.2) is 52.3 Å². The third-order valence-electron chi connectivity index (χ3n) is 5.51. The van der Waals surface area contributed by atoms with Gasteiger partial charge in [0.15, 0.2) is 6.54 Å². The number of carbonyl (C=O) groups is 1. The van der Waals surface area contributed by atoms with Gasteiger partial charge in [0.1, 0.15) is 38.5 Å². The van der Waals surface area contributed by atoms with Crippen molar-refractivity contribution in [3.05, 3.63) is 65.2 Å². The molecule has 2 aromatic rings. The lowest BCUT2D eigenvalue weighted by Gasteiger charge is -2.29. The molecular weight excluding hydrogens is 350 g/mol. The van der Waals surface area contributed by atoms with E-state index in [1.807, 2.05) is 24.3 Å². The number of aryl methyl sites for hydroxylation is 1. The van der Waals surface area contributed by atoms with Crippen LogP contribution in [0.5, 0.6) is 5.75 Å². The van der Waals surface area contributed by atoms with Crippen molar-refractivity contribution >= 4 is 5.91 Å². The molecule has 3 N–H and O–H groups in total. The van der Waals surface area contributed by atoms with E-state index in [4.69, 9.17) is 4.74 Å². The fraction of sp³-hybridized carbons (Fsp3) is 0.435. The van der Waals surface area contributed by atoms with E-state index in [1.54, 1.807) is 12.0 Å². The van der Waals surface area contributed by atoms with E-state index in [0.717, 1.165) is 44.9 Å². The molecule has 1 heterocycles. The number of piperazine rings is 1. The Morgan fingerprint density at radius 2 is 1.71 bits per heavy atom. The number of hydrogen-bond donors (Lipinski definition) is 3. The second-order valence-electron chi connectivity index (χ2n) is 7.79. The van der Waals surface area contributed by atoms with Crippen molar-refractivity contribution in [2.75, 3.05) is 46.4 Å². The van der Waals surface area contributed by atoms with E-state index in [0.29, 0.717) is 13.1 Å². The zero-order valence-electron chi connectivity index (χ0n) is 17.1. The van der Waals surface area contributed by atoms with Crippen LogP contribution in [0.15, 0.2) is 48.5 Å². The number of nitrogens with one attached hydrogen (secondary N) is 3. The van der Waals surface area contributed by atoms with Gasteiger partial charge in [-0.05, 0) is 31.0 Å². The summed E-state index contributed by atoms with van der Waals surface area (Å²) in [6, 6.07) is 16.8. The Morgan fingerprint density at radius 1 is 1.00 bits per heavy atom. The SMILES string of the molecule is COc1ccc(CCNC(=O)C[NH+]2CC[NH+](Cc3cccc(C)c3)CC2)cc1. The molecular formula is C23H33N3O2+2. The second-order valence-corrected chi connectivity index (χ2v) is 7.79. The molecule has 0 aliphatic carbocycles. The van der Waals surface area contributed by atoms with Gasteiger partial charge < -0.3 is 19.9 Å². The first-order chi connectivity index (χ1) is 13.6. The highest BCUT2D eigenvalue weighted by Crippen LogP contribution is 2.11. The third kappa shape index (κ3) is 6.36. The van der Waals surface area contributed by atoms with Gasteiger partial charge in [0.05, 0.1) is 7.11 Å². The summed E-state index contributed by atoms with van der Waals surface area (Å²) in [4.78, 5) is 15.3. The molecule has 1 aliphatic rings. The van der Waals surface area contributed by atoms with Gasteiger partial charge in [0, 0.05) is 12.1 Å². The fourth-order valence-electron chi connectivity index (χ4n) is 3.85. The zero-order valence-corrected chi connectivity index (χ0v) is 17.1. The van der Waals surface area contributed by atoms with E-state index < -0.39 is 0 Å². The number of benzene rings is 2. The molecule has 3 rings (SSSR count). The Bertz CT molecular complexity index is 753. The van der Waals surface area contributed by atoms with Crippen molar-refractivity contribution in [3.63, 3.8) is 0 Å². The summed E-state index contributed by atoms with van der Waals surface area (Å²) in [5.74, 6) is 1.02. The number of rotatable bonds is 8. The van der Waals surface area contributed by atoms with Gasteiger partial charge in [-0.15, -0.1) is 0 Å². The maximum absolute atomic E-state index is 12.3. The molecule has 0 unspecified atom stereocenters. The molecule has 1 amide bonds. The van der Waals surface area contributed by atoms with E-state index in [2.05, 4.69) is 36.5 Å². The number of amides is 1. The molecule has 1 fully saturated rings. The van der Waals surface area contributed by atoms with Crippen LogP contribution in [0, 0.1) is 6.92 Å². The van der Waals surface area contributed by atoms with Crippen molar-refractivity contribution in [2.45, 2.75) is 19.9 Å². The minimum absolute atomic E-state index is 0.158. The van der Waals surface area contributed by atoms with E-state index in [1.165, 1.54) is 21.6 Å². The number of methoxy groups -OCH3 is 1. The summed E-state index contributed by atoms with van der Waals surface area (Å²) >= 11 is 0. The largest absolute Gasteiger partial charge is 0.497 e. The number of carbonyl (C=O) groups excluding carboxylic acids is 1.